The summed E-state index contributed by atoms with van der Waals surface area (Å²) in [6, 6.07) is 15.0. The molecule has 0 spiro atoms. The van der Waals surface area contributed by atoms with Gasteiger partial charge in [0.2, 0.25) is 0 Å². The first-order chi connectivity index (χ1) is 12.0. The standard InChI is InChI=1S/C20H23NO4/c1-14-8-10-17(11-9-14)21-20(23)16(3)25-19(22)12-13-24-18-7-5-4-6-15(18)2/h4-11,16H,12-13H2,1-3H3,(H,21,23)/t16-/m1/s1. The lowest BCUT2D eigenvalue weighted by atomic mass is 10.2. The van der Waals surface area contributed by atoms with E-state index in [-0.39, 0.29) is 18.9 Å². The highest BCUT2D eigenvalue weighted by molar-refractivity contribution is 5.95. The van der Waals surface area contributed by atoms with Gasteiger partial charge in [-0.05, 0) is 44.5 Å². The average molecular weight is 341 g/mol. The van der Waals surface area contributed by atoms with Crippen LogP contribution in [0, 0.1) is 13.8 Å². The normalized spacial score (nSPS) is 11.5. The number of anilines is 1. The van der Waals surface area contributed by atoms with Gasteiger partial charge in [0.05, 0.1) is 13.0 Å². The number of rotatable bonds is 7. The fourth-order valence-corrected chi connectivity index (χ4v) is 2.15. The Labute approximate surface area is 148 Å². The van der Waals surface area contributed by atoms with Crippen LogP contribution in [0.5, 0.6) is 5.75 Å². The van der Waals surface area contributed by atoms with E-state index in [1.807, 2.05) is 50.2 Å². The van der Waals surface area contributed by atoms with Crippen LogP contribution in [0.3, 0.4) is 0 Å². The molecule has 0 aliphatic heterocycles. The van der Waals surface area contributed by atoms with E-state index in [2.05, 4.69) is 5.32 Å². The SMILES string of the molecule is Cc1ccc(NC(=O)[C@@H](C)OC(=O)CCOc2ccccc2C)cc1. The Kier molecular flexibility index (Phi) is 6.57. The molecule has 132 valence electrons. The third-order valence-corrected chi connectivity index (χ3v) is 3.65. The molecule has 0 fully saturated rings. The van der Waals surface area contributed by atoms with Crippen LogP contribution in [-0.2, 0) is 14.3 Å². The number of hydrogen-bond acceptors (Lipinski definition) is 4. The van der Waals surface area contributed by atoms with Crippen LogP contribution in [0.1, 0.15) is 24.5 Å². The molecule has 1 N–H and O–H groups in total. The van der Waals surface area contributed by atoms with Gasteiger partial charge < -0.3 is 14.8 Å². The molecule has 0 heterocycles. The summed E-state index contributed by atoms with van der Waals surface area (Å²) in [4.78, 5) is 23.9. The maximum atomic E-state index is 12.1. The molecule has 5 heteroatoms. The molecule has 1 atom stereocenters. The molecule has 2 rings (SSSR count). The van der Waals surface area contributed by atoms with E-state index in [1.165, 1.54) is 0 Å². The molecule has 0 saturated carbocycles. The van der Waals surface area contributed by atoms with Gasteiger partial charge in [-0.3, -0.25) is 9.59 Å². The quantitative estimate of drug-likeness (QED) is 0.781. The van der Waals surface area contributed by atoms with Crippen molar-refractivity contribution < 1.29 is 19.1 Å². The molecule has 0 unspecified atom stereocenters. The molecular weight excluding hydrogens is 318 g/mol. The molecule has 0 radical (unpaired) electrons. The molecule has 2 aromatic carbocycles. The second-order valence-electron chi connectivity index (χ2n) is 5.85. The molecule has 0 saturated heterocycles. The highest BCUT2D eigenvalue weighted by Gasteiger charge is 2.18. The largest absolute Gasteiger partial charge is 0.493 e. The van der Waals surface area contributed by atoms with Crippen molar-refractivity contribution >= 4 is 17.6 Å². The first-order valence-corrected chi connectivity index (χ1v) is 8.21. The van der Waals surface area contributed by atoms with Crippen molar-refractivity contribution in [1.29, 1.82) is 0 Å². The lowest BCUT2D eigenvalue weighted by Crippen LogP contribution is -2.30. The summed E-state index contributed by atoms with van der Waals surface area (Å²) in [5.41, 5.74) is 2.77. The van der Waals surface area contributed by atoms with E-state index >= 15 is 0 Å². The van der Waals surface area contributed by atoms with Gasteiger partial charge in [0.25, 0.3) is 5.91 Å². The lowest BCUT2D eigenvalue weighted by molar-refractivity contribution is -0.153. The van der Waals surface area contributed by atoms with Gasteiger partial charge in [-0.1, -0.05) is 35.9 Å². The number of amides is 1. The number of aryl methyl sites for hydroxylation is 2. The molecule has 0 bridgehead atoms. The Morgan fingerprint density at radius 2 is 1.72 bits per heavy atom. The van der Waals surface area contributed by atoms with E-state index in [9.17, 15) is 9.59 Å². The van der Waals surface area contributed by atoms with Crippen molar-refractivity contribution in [3.8, 4) is 5.75 Å². The third kappa shape index (κ3) is 5.95. The van der Waals surface area contributed by atoms with Gasteiger partial charge in [-0.2, -0.15) is 0 Å². The molecule has 0 aliphatic carbocycles. The summed E-state index contributed by atoms with van der Waals surface area (Å²) in [7, 11) is 0. The van der Waals surface area contributed by atoms with E-state index in [1.54, 1.807) is 19.1 Å². The highest BCUT2D eigenvalue weighted by atomic mass is 16.5. The van der Waals surface area contributed by atoms with Crippen molar-refractivity contribution in [1.82, 2.24) is 0 Å². The second-order valence-corrected chi connectivity index (χ2v) is 5.85. The van der Waals surface area contributed by atoms with Crippen molar-refractivity contribution in [3.05, 3.63) is 59.7 Å². The number of carbonyl (C=O) groups excluding carboxylic acids is 2. The first-order valence-electron chi connectivity index (χ1n) is 8.21. The Bertz CT molecular complexity index is 725. The van der Waals surface area contributed by atoms with Crippen LogP contribution in [0.25, 0.3) is 0 Å². The van der Waals surface area contributed by atoms with Crippen LogP contribution in [0.2, 0.25) is 0 Å². The maximum absolute atomic E-state index is 12.1. The van der Waals surface area contributed by atoms with Crippen LogP contribution in [0.4, 0.5) is 5.69 Å². The molecule has 2 aromatic rings. The number of nitrogens with one attached hydrogen (secondary N) is 1. The molecular formula is C20H23NO4. The predicted octanol–water partition coefficient (Wildman–Crippen LogP) is 3.64. The number of hydrogen-bond donors (Lipinski definition) is 1. The topological polar surface area (TPSA) is 64.6 Å². The van der Waals surface area contributed by atoms with E-state index in [0.29, 0.717) is 5.69 Å². The van der Waals surface area contributed by atoms with Gasteiger partial charge >= 0.3 is 5.97 Å². The molecule has 5 nitrogen and oxygen atoms in total. The summed E-state index contributed by atoms with van der Waals surface area (Å²) in [5.74, 6) is -0.0994. The van der Waals surface area contributed by atoms with Gasteiger partial charge in [0.1, 0.15) is 5.75 Å². The zero-order valence-electron chi connectivity index (χ0n) is 14.7. The number of benzene rings is 2. The zero-order valence-corrected chi connectivity index (χ0v) is 14.7. The number of esters is 1. The van der Waals surface area contributed by atoms with E-state index < -0.39 is 12.1 Å². The molecule has 0 aliphatic rings. The van der Waals surface area contributed by atoms with E-state index in [0.717, 1.165) is 16.9 Å². The van der Waals surface area contributed by atoms with Crippen LogP contribution in [0.15, 0.2) is 48.5 Å². The van der Waals surface area contributed by atoms with Crippen LogP contribution in [-0.4, -0.2) is 24.6 Å². The van der Waals surface area contributed by atoms with Crippen molar-refractivity contribution in [3.63, 3.8) is 0 Å². The Balaban J connectivity index is 1.74. The first kappa shape index (κ1) is 18.5. The minimum Gasteiger partial charge on any atom is -0.493 e. The highest BCUT2D eigenvalue weighted by Crippen LogP contribution is 2.16. The molecule has 25 heavy (non-hydrogen) atoms. The Morgan fingerprint density at radius 3 is 2.40 bits per heavy atom. The monoisotopic (exact) mass is 341 g/mol. The van der Waals surface area contributed by atoms with Gasteiger partial charge in [0.15, 0.2) is 6.10 Å². The van der Waals surface area contributed by atoms with Gasteiger partial charge in [-0.15, -0.1) is 0 Å². The molecule has 0 aromatic heterocycles. The van der Waals surface area contributed by atoms with Crippen LogP contribution < -0.4 is 10.1 Å². The number of para-hydroxylation sites is 1. The fourth-order valence-electron chi connectivity index (χ4n) is 2.15. The van der Waals surface area contributed by atoms with Crippen LogP contribution >= 0.6 is 0 Å². The van der Waals surface area contributed by atoms with Gasteiger partial charge in [0, 0.05) is 5.69 Å². The average Bonchev–Trinajstić information content (AvgIpc) is 2.58. The second kappa shape index (κ2) is 8.87. The number of carbonyl (C=O) groups is 2. The minimum atomic E-state index is -0.868. The van der Waals surface area contributed by atoms with E-state index in [4.69, 9.17) is 9.47 Å². The summed E-state index contributed by atoms with van der Waals surface area (Å²) >= 11 is 0. The Morgan fingerprint density at radius 1 is 1.04 bits per heavy atom. The van der Waals surface area contributed by atoms with Crippen molar-refractivity contribution in [2.24, 2.45) is 0 Å². The zero-order chi connectivity index (χ0) is 18.2. The number of ether oxygens (including phenoxy) is 2. The lowest BCUT2D eigenvalue weighted by Gasteiger charge is -2.14. The smallest absolute Gasteiger partial charge is 0.310 e. The fraction of sp³-hybridized carbons (Fsp3) is 0.300. The van der Waals surface area contributed by atoms with Gasteiger partial charge in [-0.25, -0.2) is 0 Å². The summed E-state index contributed by atoms with van der Waals surface area (Å²) in [6.07, 6.45) is -0.788. The summed E-state index contributed by atoms with van der Waals surface area (Å²) in [5, 5.41) is 2.72. The minimum absolute atomic E-state index is 0.0798. The molecule has 1 amide bonds. The maximum Gasteiger partial charge on any atom is 0.310 e. The summed E-state index contributed by atoms with van der Waals surface area (Å²) < 4.78 is 10.7. The summed E-state index contributed by atoms with van der Waals surface area (Å²) in [6.45, 7) is 5.65. The van der Waals surface area contributed by atoms with Crippen molar-refractivity contribution in [2.75, 3.05) is 11.9 Å². The van der Waals surface area contributed by atoms with Crippen molar-refractivity contribution in [2.45, 2.75) is 33.3 Å². The Hall–Kier alpha value is -2.82. The third-order valence-electron chi connectivity index (χ3n) is 3.65. The predicted molar refractivity (Wildman–Crippen MR) is 96.7 cm³/mol.